The van der Waals surface area contributed by atoms with Crippen LogP contribution in [0.3, 0.4) is 0 Å². The molecule has 1 aromatic carbocycles. The number of fused-ring (bicyclic) bond motifs is 1. The fourth-order valence-electron chi connectivity index (χ4n) is 2.12. The Morgan fingerprint density at radius 2 is 1.95 bits per heavy atom. The molecule has 2 aromatic heterocycles. The second kappa shape index (κ2) is 5.02. The lowest BCUT2D eigenvalue weighted by Crippen LogP contribution is -2.22. The first-order valence-electron chi connectivity index (χ1n) is 6.00. The summed E-state index contributed by atoms with van der Waals surface area (Å²) in [6, 6.07) is 14.5. The lowest BCUT2D eigenvalue weighted by atomic mass is 9.99. The Hall–Kier alpha value is -0.680. The van der Waals surface area contributed by atoms with E-state index in [4.69, 9.17) is 0 Å². The maximum atomic E-state index is 10.8. The monoisotopic (exact) mass is 352 g/mol. The van der Waals surface area contributed by atoms with Crippen LogP contribution in [0.5, 0.6) is 0 Å². The molecule has 1 nitrogen and oxygen atoms in total. The second-order valence-electron chi connectivity index (χ2n) is 4.80. The van der Waals surface area contributed by atoms with Crippen LogP contribution in [0.25, 0.3) is 10.1 Å². The van der Waals surface area contributed by atoms with E-state index in [0.717, 1.165) is 8.66 Å². The average molecular weight is 353 g/mol. The quantitative estimate of drug-likeness (QED) is 0.688. The normalized spacial score (nSPS) is 14.7. The van der Waals surface area contributed by atoms with Gasteiger partial charge in [0.25, 0.3) is 0 Å². The Balaban J connectivity index is 1.94. The Morgan fingerprint density at radius 3 is 2.63 bits per heavy atom. The van der Waals surface area contributed by atoms with Gasteiger partial charge in [-0.3, -0.25) is 0 Å². The molecule has 3 rings (SSSR count). The van der Waals surface area contributed by atoms with Crippen molar-refractivity contribution in [2.24, 2.45) is 0 Å². The van der Waals surface area contributed by atoms with E-state index in [1.54, 1.807) is 22.7 Å². The summed E-state index contributed by atoms with van der Waals surface area (Å²) < 4.78 is 2.33. The molecule has 0 saturated carbocycles. The van der Waals surface area contributed by atoms with Crippen LogP contribution >= 0.6 is 38.6 Å². The van der Waals surface area contributed by atoms with E-state index in [0.29, 0.717) is 6.42 Å². The Labute approximate surface area is 128 Å². The van der Waals surface area contributed by atoms with Crippen LogP contribution < -0.4 is 0 Å². The zero-order chi connectivity index (χ0) is 13.5. The minimum atomic E-state index is -0.812. The number of benzene rings is 1. The molecule has 2 heterocycles. The van der Waals surface area contributed by atoms with Gasteiger partial charge < -0.3 is 5.11 Å². The SMILES string of the molecule is CC(O)(Cc1ccc(Br)s1)c1cc2ccccc2s1. The summed E-state index contributed by atoms with van der Waals surface area (Å²) in [5, 5.41) is 12.0. The van der Waals surface area contributed by atoms with Crippen LogP contribution in [0.4, 0.5) is 0 Å². The number of aliphatic hydroxyl groups is 1. The topological polar surface area (TPSA) is 20.2 Å². The number of rotatable bonds is 3. The third-order valence-corrected chi connectivity index (χ3v) is 6.10. The van der Waals surface area contributed by atoms with Crippen molar-refractivity contribution in [1.82, 2.24) is 0 Å². The lowest BCUT2D eigenvalue weighted by Gasteiger charge is -2.20. The minimum Gasteiger partial charge on any atom is -0.384 e. The summed E-state index contributed by atoms with van der Waals surface area (Å²) in [5.74, 6) is 0. The molecule has 3 aromatic rings. The summed E-state index contributed by atoms with van der Waals surface area (Å²) in [7, 11) is 0. The smallest absolute Gasteiger partial charge is 0.101 e. The van der Waals surface area contributed by atoms with Gasteiger partial charge in [0, 0.05) is 20.9 Å². The van der Waals surface area contributed by atoms with Gasteiger partial charge in [0.1, 0.15) is 5.60 Å². The van der Waals surface area contributed by atoms with Crippen LogP contribution in [-0.4, -0.2) is 5.11 Å². The maximum Gasteiger partial charge on any atom is 0.101 e. The molecule has 0 amide bonds. The molecule has 4 heteroatoms. The predicted octanol–water partition coefficient (Wildman–Crippen LogP) is 5.18. The summed E-state index contributed by atoms with van der Waals surface area (Å²) >= 11 is 6.81. The van der Waals surface area contributed by atoms with Gasteiger partial charge in [0.15, 0.2) is 0 Å². The summed E-state index contributed by atoms with van der Waals surface area (Å²) in [4.78, 5) is 2.22. The van der Waals surface area contributed by atoms with Crippen LogP contribution in [0.2, 0.25) is 0 Å². The molecule has 19 heavy (non-hydrogen) atoms. The fourth-order valence-corrected chi connectivity index (χ4v) is 4.86. The summed E-state index contributed by atoms with van der Waals surface area (Å²) in [6.07, 6.45) is 0.649. The van der Waals surface area contributed by atoms with Gasteiger partial charge >= 0.3 is 0 Å². The molecule has 0 aliphatic heterocycles. The van der Waals surface area contributed by atoms with Gasteiger partial charge in [-0.05, 0) is 52.5 Å². The highest BCUT2D eigenvalue weighted by atomic mass is 79.9. The van der Waals surface area contributed by atoms with Crippen molar-refractivity contribution >= 4 is 48.7 Å². The molecule has 0 aliphatic carbocycles. The Bertz CT molecular complexity index is 679. The van der Waals surface area contributed by atoms with Crippen molar-refractivity contribution in [1.29, 1.82) is 0 Å². The molecule has 0 fully saturated rings. The van der Waals surface area contributed by atoms with Gasteiger partial charge in [-0.2, -0.15) is 0 Å². The zero-order valence-electron chi connectivity index (χ0n) is 10.4. The minimum absolute atomic E-state index is 0.649. The van der Waals surface area contributed by atoms with E-state index in [2.05, 4.69) is 40.2 Å². The first kappa shape index (κ1) is 13.3. The highest BCUT2D eigenvalue weighted by Gasteiger charge is 2.26. The number of halogens is 1. The summed E-state index contributed by atoms with van der Waals surface area (Å²) in [5.41, 5.74) is -0.812. The van der Waals surface area contributed by atoms with E-state index in [9.17, 15) is 5.11 Å². The van der Waals surface area contributed by atoms with Crippen molar-refractivity contribution in [3.05, 3.63) is 56.0 Å². The number of thiophene rings is 2. The first-order valence-corrected chi connectivity index (χ1v) is 8.43. The highest BCUT2D eigenvalue weighted by Crippen LogP contribution is 2.36. The van der Waals surface area contributed by atoms with Crippen LogP contribution in [0.15, 0.2) is 46.3 Å². The van der Waals surface area contributed by atoms with Gasteiger partial charge in [0.05, 0.1) is 3.79 Å². The van der Waals surface area contributed by atoms with Crippen molar-refractivity contribution in [2.45, 2.75) is 18.9 Å². The molecule has 0 bridgehead atoms. The molecule has 0 aliphatic rings. The summed E-state index contributed by atoms with van der Waals surface area (Å²) in [6.45, 7) is 1.89. The zero-order valence-corrected chi connectivity index (χ0v) is 13.6. The maximum absolute atomic E-state index is 10.8. The predicted molar refractivity (Wildman–Crippen MR) is 87.1 cm³/mol. The molecule has 1 atom stereocenters. The largest absolute Gasteiger partial charge is 0.384 e. The van der Waals surface area contributed by atoms with Crippen LogP contribution in [-0.2, 0) is 12.0 Å². The molecule has 0 radical (unpaired) electrons. The van der Waals surface area contributed by atoms with Crippen molar-refractivity contribution in [2.75, 3.05) is 0 Å². The van der Waals surface area contributed by atoms with Gasteiger partial charge in [0.2, 0.25) is 0 Å². The molecular formula is C15H13BrOS2. The second-order valence-corrected chi connectivity index (χ2v) is 8.44. The molecule has 0 spiro atoms. The third kappa shape index (κ3) is 2.77. The lowest BCUT2D eigenvalue weighted by molar-refractivity contribution is 0.0624. The van der Waals surface area contributed by atoms with Gasteiger partial charge in [-0.1, -0.05) is 18.2 Å². The van der Waals surface area contributed by atoms with Gasteiger partial charge in [-0.15, -0.1) is 22.7 Å². The van der Waals surface area contributed by atoms with Crippen LogP contribution in [0.1, 0.15) is 16.7 Å². The van der Waals surface area contributed by atoms with E-state index < -0.39 is 5.60 Å². The van der Waals surface area contributed by atoms with Crippen molar-refractivity contribution < 1.29 is 5.11 Å². The van der Waals surface area contributed by atoms with E-state index in [-0.39, 0.29) is 0 Å². The van der Waals surface area contributed by atoms with E-state index in [1.807, 2.05) is 25.1 Å². The highest BCUT2D eigenvalue weighted by molar-refractivity contribution is 9.11. The molecule has 1 N–H and O–H groups in total. The first-order chi connectivity index (χ1) is 9.04. The van der Waals surface area contributed by atoms with Crippen molar-refractivity contribution in [3.8, 4) is 0 Å². The third-order valence-electron chi connectivity index (χ3n) is 3.10. The van der Waals surface area contributed by atoms with E-state index in [1.165, 1.54) is 15.0 Å². The Morgan fingerprint density at radius 1 is 1.16 bits per heavy atom. The van der Waals surface area contributed by atoms with Gasteiger partial charge in [-0.25, -0.2) is 0 Å². The van der Waals surface area contributed by atoms with E-state index >= 15 is 0 Å². The molecular weight excluding hydrogens is 340 g/mol. The number of hydrogen-bond donors (Lipinski definition) is 1. The Kier molecular flexibility index (Phi) is 3.52. The standard InChI is InChI=1S/C15H13BrOS2/c1-15(17,9-11-6-7-14(16)18-11)13-8-10-4-2-3-5-12(10)19-13/h2-8,17H,9H2,1H3. The fraction of sp³-hybridized carbons (Fsp3) is 0.200. The number of hydrogen-bond acceptors (Lipinski definition) is 3. The molecule has 98 valence electrons. The average Bonchev–Trinajstić information content (AvgIpc) is 2.95. The molecule has 0 saturated heterocycles. The van der Waals surface area contributed by atoms with Crippen molar-refractivity contribution in [3.63, 3.8) is 0 Å². The molecule has 1 unspecified atom stereocenters. The van der Waals surface area contributed by atoms with Crippen LogP contribution in [0, 0.1) is 0 Å².